The van der Waals surface area contributed by atoms with E-state index in [4.69, 9.17) is 11.6 Å². The minimum atomic E-state index is -4.68. The van der Waals surface area contributed by atoms with Crippen LogP contribution in [-0.2, 0) is 14.9 Å². The average Bonchev–Trinajstić information content (AvgIpc) is 2.19. The molecule has 10 heteroatoms. The van der Waals surface area contributed by atoms with Crippen molar-refractivity contribution in [1.82, 2.24) is 4.89 Å². The summed E-state index contributed by atoms with van der Waals surface area (Å²) in [6.45, 7) is -1.79. The lowest BCUT2D eigenvalue weighted by atomic mass is 10.3. The summed E-state index contributed by atoms with van der Waals surface area (Å²) in [5, 5.41) is -0.478. The van der Waals surface area contributed by atoms with Crippen LogP contribution in [0.3, 0.4) is 0 Å². The fourth-order valence-corrected chi connectivity index (χ4v) is 1.96. The van der Waals surface area contributed by atoms with Gasteiger partial charge in [0.2, 0.25) is 0 Å². The largest absolute Gasteiger partial charge is 0.413 e. The van der Waals surface area contributed by atoms with Gasteiger partial charge in [-0.05, 0) is 18.2 Å². The topological polar surface area (TPSA) is 55.4 Å². The molecule has 0 aliphatic rings. The molecule has 0 unspecified atom stereocenters. The summed E-state index contributed by atoms with van der Waals surface area (Å²) >= 11 is 5.34. The zero-order valence-corrected chi connectivity index (χ0v) is 10.0. The van der Waals surface area contributed by atoms with Gasteiger partial charge in [0.15, 0.2) is 6.61 Å². The van der Waals surface area contributed by atoms with Crippen LogP contribution in [0.25, 0.3) is 0 Å². The quantitative estimate of drug-likeness (QED) is 0.685. The second-order valence-corrected chi connectivity index (χ2v) is 5.12. The molecule has 0 heterocycles. The Bertz CT molecular complexity index is 532. The molecule has 0 aliphatic carbocycles. The third-order valence-electron chi connectivity index (χ3n) is 1.61. The van der Waals surface area contributed by atoms with Gasteiger partial charge in [0, 0.05) is 0 Å². The molecule has 1 aromatic rings. The molecule has 0 bridgehead atoms. The maximum absolute atomic E-state index is 12.8. The van der Waals surface area contributed by atoms with Crippen molar-refractivity contribution in [2.75, 3.05) is 6.61 Å². The van der Waals surface area contributed by atoms with Crippen molar-refractivity contribution in [3.05, 3.63) is 29.0 Å². The molecule has 1 N–H and O–H groups in total. The molecule has 18 heavy (non-hydrogen) atoms. The zero-order valence-electron chi connectivity index (χ0n) is 8.46. The Balaban J connectivity index is 2.77. The minimum Gasteiger partial charge on any atom is -0.277 e. The number of benzene rings is 1. The summed E-state index contributed by atoms with van der Waals surface area (Å²) in [4.78, 5) is 4.52. The van der Waals surface area contributed by atoms with E-state index in [0.29, 0.717) is 0 Å². The van der Waals surface area contributed by atoms with Gasteiger partial charge in [-0.3, -0.25) is 4.84 Å². The van der Waals surface area contributed by atoms with Gasteiger partial charge in [0.25, 0.3) is 10.0 Å². The number of hydrogen-bond donors (Lipinski definition) is 1. The zero-order chi connectivity index (χ0) is 14.0. The van der Waals surface area contributed by atoms with Crippen molar-refractivity contribution in [2.45, 2.75) is 11.1 Å². The van der Waals surface area contributed by atoms with Gasteiger partial charge >= 0.3 is 6.18 Å². The molecule has 1 aromatic carbocycles. The number of nitrogens with one attached hydrogen (secondary N) is 1. The molecule has 0 atom stereocenters. The molecule has 0 radical (unpaired) electrons. The van der Waals surface area contributed by atoms with Crippen LogP contribution in [-0.4, -0.2) is 21.2 Å². The third kappa shape index (κ3) is 4.41. The second kappa shape index (κ2) is 5.39. The van der Waals surface area contributed by atoms with Crippen molar-refractivity contribution in [3.8, 4) is 0 Å². The van der Waals surface area contributed by atoms with E-state index in [-0.39, 0.29) is 0 Å². The highest BCUT2D eigenvalue weighted by Gasteiger charge is 2.29. The number of rotatable bonds is 4. The van der Waals surface area contributed by atoms with Crippen LogP contribution >= 0.6 is 11.6 Å². The molecule has 0 saturated heterocycles. The molecule has 102 valence electrons. The Hall–Kier alpha value is -0.900. The lowest BCUT2D eigenvalue weighted by Gasteiger charge is -2.09. The Labute approximate surface area is 105 Å². The average molecular weight is 308 g/mol. The van der Waals surface area contributed by atoms with E-state index in [9.17, 15) is 26.0 Å². The minimum absolute atomic E-state index is 0.478. The van der Waals surface area contributed by atoms with Gasteiger partial charge in [-0.1, -0.05) is 16.5 Å². The lowest BCUT2D eigenvalue weighted by molar-refractivity contribution is -0.181. The summed E-state index contributed by atoms with van der Waals surface area (Å²) in [5.74, 6) is -0.855. The molecular weight excluding hydrogens is 302 g/mol. The van der Waals surface area contributed by atoms with Crippen molar-refractivity contribution in [1.29, 1.82) is 0 Å². The number of hydrogen-bond acceptors (Lipinski definition) is 3. The highest BCUT2D eigenvalue weighted by atomic mass is 35.5. The van der Waals surface area contributed by atoms with E-state index < -0.39 is 38.5 Å². The summed E-state index contributed by atoms with van der Waals surface area (Å²) in [6.07, 6.45) is -4.68. The first-order valence-corrected chi connectivity index (χ1v) is 6.13. The van der Waals surface area contributed by atoms with Crippen LogP contribution in [0.4, 0.5) is 17.6 Å². The van der Waals surface area contributed by atoms with Crippen LogP contribution in [0.2, 0.25) is 5.02 Å². The normalized spacial score (nSPS) is 12.7. The van der Waals surface area contributed by atoms with Crippen molar-refractivity contribution in [3.63, 3.8) is 0 Å². The van der Waals surface area contributed by atoms with Crippen molar-refractivity contribution in [2.24, 2.45) is 0 Å². The highest BCUT2D eigenvalue weighted by molar-refractivity contribution is 7.89. The summed E-state index contributed by atoms with van der Waals surface area (Å²) < 4.78 is 70.7. The summed E-state index contributed by atoms with van der Waals surface area (Å²) in [5.41, 5.74) is 0. The summed E-state index contributed by atoms with van der Waals surface area (Å²) in [7, 11) is -4.35. The van der Waals surface area contributed by atoms with Gasteiger partial charge in [0.05, 0.1) is 9.92 Å². The van der Waals surface area contributed by atoms with E-state index in [1.54, 1.807) is 0 Å². The Morgan fingerprint density at radius 3 is 2.44 bits per heavy atom. The Kier molecular flexibility index (Phi) is 4.54. The maximum Gasteiger partial charge on any atom is 0.413 e. The first-order valence-electron chi connectivity index (χ1n) is 4.27. The van der Waals surface area contributed by atoms with Crippen molar-refractivity contribution >= 4 is 21.6 Å². The molecule has 0 spiro atoms. The van der Waals surface area contributed by atoms with Gasteiger partial charge in [0.1, 0.15) is 5.82 Å². The summed E-state index contributed by atoms with van der Waals surface area (Å²) in [6, 6.07) is 2.34. The Morgan fingerprint density at radius 1 is 1.33 bits per heavy atom. The smallest absolute Gasteiger partial charge is 0.277 e. The van der Waals surface area contributed by atoms with Crippen LogP contribution in [0.15, 0.2) is 23.1 Å². The van der Waals surface area contributed by atoms with E-state index in [1.165, 1.54) is 4.89 Å². The maximum atomic E-state index is 12.8. The molecule has 0 fully saturated rings. The van der Waals surface area contributed by atoms with Crippen LogP contribution in [0, 0.1) is 5.82 Å². The highest BCUT2D eigenvalue weighted by Crippen LogP contribution is 2.19. The molecule has 0 amide bonds. The SMILES string of the molecule is O=S(=O)(NOCC(F)(F)F)c1ccc(F)c(Cl)c1. The molecule has 0 aromatic heterocycles. The van der Waals surface area contributed by atoms with Gasteiger partial charge < -0.3 is 0 Å². The van der Waals surface area contributed by atoms with Crippen LogP contribution in [0.5, 0.6) is 0 Å². The fraction of sp³-hybridized carbons (Fsp3) is 0.250. The molecule has 4 nitrogen and oxygen atoms in total. The van der Waals surface area contributed by atoms with E-state index in [2.05, 4.69) is 4.84 Å². The van der Waals surface area contributed by atoms with E-state index >= 15 is 0 Å². The predicted molar refractivity (Wildman–Crippen MR) is 53.7 cm³/mol. The van der Waals surface area contributed by atoms with Gasteiger partial charge in [-0.15, -0.1) is 0 Å². The monoisotopic (exact) mass is 307 g/mol. The predicted octanol–water partition coefficient (Wildman–Crippen LogP) is 2.25. The lowest BCUT2D eigenvalue weighted by Crippen LogP contribution is -2.29. The van der Waals surface area contributed by atoms with Crippen LogP contribution < -0.4 is 4.89 Å². The Morgan fingerprint density at radius 2 is 1.94 bits per heavy atom. The molecule has 0 saturated carbocycles. The van der Waals surface area contributed by atoms with Crippen LogP contribution in [0.1, 0.15) is 0 Å². The van der Waals surface area contributed by atoms with E-state index in [1.807, 2.05) is 0 Å². The van der Waals surface area contributed by atoms with Gasteiger partial charge in [-0.2, -0.15) is 13.2 Å². The molecule has 1 rings (SSSR count). The van der Waals surface area contributed by atoms with E-state index in [0.717, 1.165) is 18.2 Å². The standard InChI is InChI=1S/C8H6ClF4NO3S/c9-6-3-5(1-2-7(6)10)18(15,16)14-17-4-8(11,12)13/h1-3,14H,4H2. The first kappa shape index (κ1) is 15.2. The molecular formula is C8H6ClF4NO3S. The third-order valence-corrected chi connectivity index (χ3v) is 3.11. The number of alkyl halides is 3. The fourth-order valence-electron chi connectivity index (χ4n) is 0.881. The van der Waals surface area contributed by atoms with Gasteiger partial charge in [-0.25, -0.2) is 12.8 Å². The van der Waals surface area contributed by atoms with Crippen molar-refractivity contribution < 1.29 is 30.8 Å². The number of sulfonamides is 1. The number of halogens is 5. The molecule has 0 aliphatic heterocycles. The second-order valence-electron chi connectivity index (χ2n) is 3.07. The first-order chi connectivity index (χ1) is 8.12.